The van der Waals surface area contributed by atoms with E-state index in [4.69, 9.17) is 41.7 Å². The average Bonchev–Trinajstić information content (AvgIpc) is 3.31. The first kappa shape index (κ1) is 34.8. The van der Waals surface area contributed by atoms with Crippen LogP contribution in [0.4, 0.5) is 0 Å². The molecule has 9 nitrogen and oxygen atoms in total. The van der Waals surface area contributed by atoms with Gasteiger partial charge < -0.3 is 14.8 Å². The van der Waals surface area contributed by atoms with Crippen molar-refractivity contribution >= 4 is 76.1 Å². The second-order valence-electron chi connectivity index (χ2n) is 11.5. The zero-order chi connectivity index (χ0) is 32.0. The topological polar surface area (TPSA) is 117 Å². The molecule has 0 bridgehead atoms. The number of carbonyl (C=O) groups excluding carboxylic acids is 3. The van der Waals surface area contributed by atoms with Gasteiger partial charge in [-0.1, -0.05) is 41.4 Å². The van der Waals surface area contributed by atoms with E-state index >= 15 is 0 Å². The van der Waals surface area contributed by atoms with Gasteiger partial charge in [0.2, 0.25) is 19.5 Å². The van der Waals surface area contributed by atoms with Crippen LogP contribution in [0.2, 0.25) is 10.0 Å². The lowest BCUT2D eigenvalue weighted by molar-refractivity contribution is -0.162. The number of hydrogen-bond donors (Lipinski definition) is 1. The molecule has 3 rings (SSSR count). The highest BCUT2D eigenvalue weighted by Gasteiger charge is 2.45. The van der Waals surface area contributed by atoms with E-state index in [0.717, 1.165) is 4.70 Å². The molecule has 0 aliphatic carbocycles. The van der Waals surface area contributed by atoms with Crippen molar-refractivity contribution in [2.75, 3.05) is 13.6 Å². The number of halogens is 2. The first-order chi connectivity index (χ1) is 20.0. The highest BCUT2D eigenvalue weighted by molar-refractivity contribution is 7.55. The Morgan fingerprint density at radius 2 is 1.51 bits per heavy atom. The van der Waals surface area contributed by atoms with Gasteiger partial charge in [-0.3, -0.25) is 28.0 Å². The number of nitrogens with one attached hydrogen (secondary N) is 1. The SMILES string of the molecule is CC(C)(C)C(=O)OCOP(=O)(OCOC(=O)C(C)(C)C)C(C(=O)NC=Cc1ccccc1Cl)c1csc2ccc(Cl)cc12. The van der Waals surface area contributed by atoms with Crippen LogP contribution in [0.25, 0.3) is 16.2 Å². The molecule has 1 unspecified atom stereocenters. The van der Waals surface area contributed by atoms with Gasteiger partial charge in [0.25, 0.3) is 0 Å². The Bertz CT molecular complexity index is 1520. The molecule has 0 saturated carbocycles. The van der Waals surface area contributed by atoms with Gasteiger partial charge >= 0.3 is 19.5 Å². The first-order valence-corrected chi connectivity index (χ1v) is 16.4. The van der Waals surface area contributed by atoms with Crippen LogP contribution in [-0.4, -0.2) is 31.4 Å². The molecule has 1 aromatic heterocycles. The van der Waals surface area contributed by atoms with E-state index in [9.17, 15) is 18.9 Å². The van der Waals surface area contributed by atoms with Crippen LogP contribution < -0.4 is 5.32 Å². The lowest BCUT2D eigenvalue weighted by atomic mass is 9.98. The molecule has 1 heterocycles. The Labute approximate surface area is 265 Å². The van der Waals surface area contributed by atoms with Gasteiger partial charge in [-0.15, -0.1) is 11.3 Å². The number of rotatable bonds is 11. The van der Waals surface area contributed by atoms with E-state index in [0.29, 0.717) is 26.6 Å². The van der Waals surface area contributed by atoms with E-state index in [1.54, 1.807) is 95.5 Å². The maximum atomic E-state index is 14.6. The molecule has 0 aliphatic rings. The summed E-state index contributed by atoms with van der Waals surface area (Å²) in [5.41, 5.74) is -2.42. The summed E-state index contributed by atoms with van der Waals surface area (Å²) < 4.78 is 36.9. The van der Waals surface area contributed by atoms with Crippen LogP contribution in [0.15, 0.2) is 54.0 Å². The third-order valence-electron chi connectivity index (χ3n) is 5.89. The van der Waals surface area contributed by atoms with E-state index in [1.807, 2.05) is 0 Å². The molecular weight excluding hydrogens is 636 g/mol. The first-order valence-electron chi connectivity index (χ1n) is 13.1. The van der Waals surface area contributed by atoms with Crippen LogP contribution >= 0.6 is 42.1 Å². The lowest BCUT2D eigenvalue weighted by Gasteiger charge is -2.27. The maximum absolute atomic E-state index is 14.6. The van der Waals surface area contributed by atoms with Crippen molar-refractivity contribution in [2.24, 2.45) is 10.8 Å². The fourth-order valence-corrected chi connectivity index (χ4v) is 6.64. The van der Waals surface area contributed by atoms with Crippen LogP contribution in [0, 0.1) is 10.8 Å². The van der Waals surface area contributed by atoms with Crippen LogP contribution in [0.1, 0.15) is 58.3 Å². The number of thiophene rings is 1. The molecule has 0 radical (unpaired) electrons. The second-order valence-corrected chi connectivity index (χ2v) is 15.4. The summed E-state index contributed by atoms with van der Waals surface area (Å²) in [6.07, 6.45) is 2.92. The molecule has 1 atom stereocenters. The molecule has 0 spiro atoms. The molecule has 3 aromatic rings. The molecule has 0 saturated heterocycles. The van der Waals surface area contributed by atoms with E-state index in [1.165, 1.54) is 17.5 Å². The van der Waals surface area contributed by atoms with E-state index < -0.39 is 55.5 Å². The number of amides is 1. The Morgan fingerprint density at radius 3 is 2.07 bits per heavy atom. The van der Waals surface area contributed by atoms with Gasteiger partial charge in [0.05, 0.1) is 10.8 Å². The number of ether oxygens (including phenoxy) is 2. The van der Waals surface area contributed by atoms with Crippen LogP contribution in [0.5, 0.6) is 0 Å². The Morgan fingerprint density at radius 1 is 0.930 bits per heavy atom. The van der Waals surface area contributed by atoms with Crippen LogP contribution in [0.3, 0.4) is 0 Å². The fourth-order valence-electron chi connectivity index (χ4n) is 3.52. The molecule has 232 valence electrons. The van der Waals surface area contributed by atoms with Crippen molar-refractivity contribution in [3.8, 4) is 0 Å². The molecule has 2 aromatic carbocycles. The summed E-state index contributed by atoms with van der Waals surface area (Å²) in [5.74, 6) is -2.03. The summed E-state index contributed by atoms with van der Waals surface area (Å²) in [4.78, 5) is 38.6. The van der Waals surface area contributed by atoms with Gasteiger partial charge in [-0.25, -0.2) is 0 Å². The standard InChI is InChI=1S/C30H34Cl2NO8PS/c1-29(2,3)27(35)38-17-40-42(37,41-18-39-28(36)30(4,5)6)25(22-16-43-24-12-11-20(31)15-21(22)24)26(34)33-14-13-19-9-7-8-10-23(19)32/h7-16,25H,17-18H2,1-6H3,(H,33,34). The normalized spacial score (nSPS) is 13.2. The molecule has 1 N–H and O–H groups in total. The van der Waals surface area contributed by atoms with Crippen molar-refractivity contribution in [3.05, 3.63) is 75.2 Å². The smallest absolute Gasteiger partial charge is 0.353 e. The van der Waals surface area contributed by atoms with E-state index in [2.05, 4.69) is 5.32 Å². The largest absolute Gasteiger partial charge is 0.438 e. The number of benzene rings is 2. The second kappa shape index (κ2) is 14.4. The molecule has 13 heteroatoms. The highest BCUT2D eigenvalue weighted by atomic mass is 35.5. The molecule has 0 fully saturated rings. The molecule has 1 amide bonds. The predicted octanol–water partition coefficient (Wildman–Crippen LogP) is 8.36. The number of esters is 2. The number of carbonyl (C=O) groups is 3. The van der Waals surface area contributed by atoms with Gasteiger partial charge in [-0.05, 0) is 93.8 Å². The average molecular weight is 671 g/mol. The van der Waals surface area contributed by atoms with Crippen molar-refractivity contribution in [3.63, 3.8) is 0 Å². The maximum Gasteiger partial charge on any atom is 0.353 e. The van der Waals surface area contributed by atoms with Crippen LogP contribution in [-0.2, 0) is 37.5 Å². The third kappa shape index (κ3) is 9.38. The summed E-state index contributed by atoms with van der Waals surface area (Å²) in [6.45, 7) is 8.26. The Kier molecular flexibility index (Phi) is 11.6. The summed E-state index contributed by atoms with van der Waals surface area (Å²) >= 11 is 13.8. The minimum absolute atomic E-state index is 0.291. The Hall–Kier alpha value is -2.72. The quantitative estimate of drug-likeness (QED) is 0.123. The molecule has 43 heavy (non-hydrogen) atoms. The number of hydrogen-bond acceptors (Lipinski definition) is 9. The molecule has 0 aliphatic heterocycles. The zero-order valence-electron chi connectivity index (χ0n) is 24.6. The minimum Gasteiger partial charge on any atom is -0.438 e. The highest BCUT2D eigenvalue weighted by Crippen LogP contribution is 2.62. The molecular formula is C30H34Cl2NO8PS. The predicted molar refractivity (Wildman–Crippen MR) is 169 cm³/mol. The van der Waals surface area contributed by atoms with Gasteiger partial charge in [0, 0.05) is 20.9 Å². The monoisotopic (exact) mass is 669 g/mol. The minimum atomic E-state index is -4.60. The van der Waals surface area contributed by atoms with Gasteiger partial charge in [-0.2, -0.15) is 0 Å². The lowest BCUT2D eigenvalue weighted by Crippen LogP contribution is -2.29. The fraction of sp³-hybridized carbons (Fsp3) is 0.367. The van der Waals surface area contributed by atoms with Crippen molar-refractivity contribution < 1.29 is 37.5 Å². The van der Waals surface area contributed by atoms with Gasteiger partial charge in [0.15, 0.2) is 5.66 Å². The van der Waals surface area contributed by atoms with Crippen molar-refractivity contribution in [1.29, 1.82) is 0 Å². The number of fused-ring (bicyclic) bond motifs is 1. The van der Waals surface area contributed by atoms with E-state index in [-0.39, 0.29) is 0 Å². The van der Waals surface area contributed by atoms with Crippen molar-refractivity contribution in [2.45, 2.75) is 47.2 Å². The third-order valence-corrected chi connectivity index (χ3v) is 9.53. The Balaban J connectivity index is 2.03. The zero-order valence-corrected chi connectivity index (χ0v) is 27.9. The van der Waals surface area contributed by atoms with Gasteiger partial charge in [0.1, 0.15) is 0 Å². The van der Waals surface area contributed by atoms with Crippen molar-refractivity contribution in [1.82, 2.24) is 5.32 Å². The summed E-state index contributed by atoms with van der Waals surface area (Å²) in [6, 6.07) is 12.1. The summed E-state index contributed by atoms with van der Waals surface area (Å²) in [5, 5.41) is 5.66. The summed E-state index contributed by atoms with van der Waals surface area (Å²) in [7, 11) is -4.60.